The number of nitrogens with two attached hydrogens (primary N) is 1. The van der Waals surface area contributed by atoms with Crippen LogP contribution in [0.3, 0.4) is 0 Å². The molecule has 0 bridgehead atoms. The van der Waals surface area contributed by atoms with E-state index < -0.39 is 0 Å². The number of unbranched alkanes of at least 4 members (excludes halogenated alkanes) is 3. The molecule has 0 aliphatic heterocycles. The van der Waals surface area contributed by atoms with E-state index in [4.69, 9.17) is 5.73 Å². The molecule has 0 amide bonds. The fraction of sp³-hybridized carbons (Fsp3) is 0.571. The molecule has 1 rings (SSSR count). The monoisotopic (exact) mass is 223 g/mol. The van der Waals surface area contributed by atoms with Gasteiger partial charge in [-0.15, -0.1) is 0 Å². The largest absolute Gasteiger partial charge is 0.330 e. The molecule has 2 heteroatoms. The van der Waals surface area contributed by atoms with Gasteiger partial charge < -0.3 is 5.73 Å². The molecule has 0 aromatic heterocycles. The normalized spacial score (nSPS) is 12.7. The Morgan fingerprint density at radius 1 is 1.19 bits per heavy atom. The van der Waals surface area contributed by atoms with Crippen LogP contribution >= 0.6 is 0 Å². The Morgan fingerprint density at radius 3 is 2.56 bits per heavy atom. The number of hydrogen-bond acceptors (Lipinski definition) is 1. The van der Waals surface area contributed by atoms with Gasteiger partial charge in [-0.25, -0.2) is 4.39 Å². The van der Waals surface area contributed by atoms with Crippen LogP contribution < -0.4 is 5.73 Å². The van der Waals surface area contributed by atoms with Gasteiger partial charge in [0.15, 0.2) is 0 Å². The second kappa shape index (κ2) is 7.39. The SMILES string of the molecule is CCCCCCC(CN)c1ccccc1F. The lowest BCUT2D eigenvalue weighted by Crippen LogP contribution is -2.13. The number of halogens is 1. The average Bonchev–Trinajstić information content (AvgIpc) is 2.31. The highest BCUT2D eigenvalue weighted by Gasteiger charge is 2.12. The van der Waals surface area contributed by atoms with Crippen LogP contribution in [0, 0.1) is 5.82 Å². The molecule has 90 valence electrons. The maximum Gasteiger partial charge on any atom is 0.126 e. The van der Waals surface area contributed by atoms with Crippen LogP contribution in [0.15, 0.2) is 24.3 Å². The van der Waals surface area contributed by atoms with Gasteiger partial charge >= 0.3 is 0 Å². The third-order valence-corrected chi connectivity index (χ3v) is 3.04. The third-order valence-electron chi connectivity index (χ3n) is 3.04. The summed E-state index contributed by atoms with van der Waals surface area (Å²) in [4.78, 5) is 0. The van der Waals surface area contributed by atoms with Crippen LogP contribution in [0.2, 0.25) is 0 Å². The molecule has 1 atom stereocenters. The lowest BCUT2D eigenvalue weighted by Gasteiger charge is -2.15. The fourth-order valence-electron chi connectivity index (χ4n) is 2.02. The Bertz CT molecular complexity index is 299. The van der Waals surface area contributed by atoms with Gasteiger partial charge in [-0.1, -0.05) is 50.8 Å². The van der Waals surface area contributed by atoms with Gasteiger partial charge in [0.25, 0.3) is 0 Å². The first kappa shape index (κ1) is 13.2. The highest BCUT2D eigenvalue weighted by Crippen LogP contribution is 2.23. The van der Waals surface area contributed by atoms with Gasteiger partial charge in [-0.3, -0.25) is 0 Å². The Labute approximate surface area is 97.9 Å². The van der Waals surface area contributed by atoms with Crippen molar-refractivity contribution in [2.75, 3.05) is 6.54 Å². The minimum absolute atomic E-state index is 0.117. The first-order chi connectivity index (χ1) is 7.79. The van der Waals surface area contributed by atoms with E-state index in [9.17, 15) is 4.39 Å². The summed E-state index contributed by atoms with van der Waals surface area (Å²) < 4.78 is 13.5. The lowest BCUT2D eigenvalue weighted by atomic mass is 9.93. The minimum Gasteiger partial charge on any atom is -0.330 e. The topological polar surface area (TPSA) is 26.0 Å². The molecule has 2 N–H and O–H groups in total. The predicted octanol–water partition coefficient (Wildman–Crippen LogP) is 3.84. The van der Waals surface area contributed by atoms with Crippen molar-refractivity contribution >= 4 is 0 Å². The van der Waals surface area contributed by atoms with Crippen molar-refractivity contribution in [3.8, 4) is 0 Å². The van der Waals surface area contributed by atoms with Crippen LogP contribution in [-0.2, 0) is 0 Å². The van der Waals surface area contributed by atoms with Crippen LogP contribution in [-0.4, -0.2) is 6.54 Å². The van der Waals surface area contributed by atoms with Crippen molar-refractivity contribution in [3.63, 3.8) is 0 Å². The Hall–Kier alpha value is -0.890. The Balaban J connectivity index is 2.51. The smallest absolute Gasteiger partial charge is 0.126 e. The summed E-state index contributed by atoms with van der Waals surface area (Å²) in [7, 11) is 0. The van der Waals surface area contributed by atoms with Crippen molar-refractivity contribution in [3.05, 3.63) is 35.6 Å². The molecule has 1 nitrogen and oxygen atoms in total. The summed E-state index contributed by atoms with van der Waals surface area (Å²) >= 11 is 0. The van der Waals surface area contributed by atoms with Gasteiger partial charge in [-0.2, -0.15) is 0 Å². The van der Waals surface area contributed by atoms with Crippen LogP contribution in [0.1, 0.15) is 50.5 Å². The van der Waals surface area contributed by atoms with Gasteiger partial charge in [0.05, 0.1) is 0 Å². The molecule has 1 unspecified atom stereocenters. The quantitative estimate of drug-likeness (QED) is 0.698. The van der Waals surface area contributed by atoms with Gasteiger partial charge in [0.2, 0.25) is 0 Å². The molecular weight excluding hydrogens is 201 g/mol. The zero-order valence-electron chi connectivity index (χ0n) is 10.1. The Morgan fingerprint density at radius 2 is 1.94 bits per heavy atom. The maximum absolute atomic E-state index is 13.5. The maximum atomic E-state index is 13.5. The summed E-state index contributed by atoms with van der Waals surface area (Å²) in [6.07, 6.45) is 5.85. The van der Waals surface area contributed by atoms with Crippen molar-refractivity contribution < 1.29 is 4.39 Å². The summed E-state index contributed by atoms with van der Waals surface area (Å²) in [5.74, 6) is 0.0616. The van der Waals surface area contributed by atoms with Crippen LogP contribution in [0.5, 0.6) is 0 Å². The van der Waals surface area contributed by atoms with Gasteiger partial charge in [0.1, 0.15) is 5.82 Å². The van der Waals surface area contributed by atoms with Gasteiger partial charge in [-0.05, 0) is 30.5 Å². The molecule has 0 spiro atoms. The zero-order chi connectivity index (χ0) is 11.8. The first-order valence-corrected chi connectivity index (χ1v) is 6.24. The highest BCUT2D eigenvalue weighted by molar-refractivity contribution is 5.21. The second-order valence-corrected chi connectivity index (χ2v) is 4.30. The molecule has 0 aliphatic carbocycles. The second-order valence-electron chi connectivity index (χ2n) is 4.30. The number of hydrogen-bond donors (Lipinski definition) is 1. The van der Waals surface area contributed by atoms with E-state index in [0.29, 0.717) is 6.54 Å². The van der Waals surface area contributed by atoms with Crippen molar-refractivity contribution in [2.24, 2.45) is 5.73 Å². The van der Waals surface area contributed by atoms with Crippen molar-refractivity contribution in [1.82, 2.24) is 0 Å². The minimum atomic E-state index is -0.117. The summed E-state index contributed by atoms with van der Waals surface area (Å²) in [6.45, 7) is 2.73. The van der Waals surface area contributed by atoms with E-state index >= 15 is 0 Å². The number of rotatable bonds is 7. The third kappa shape index (κ3) is 3.93. The van der Waals surface area contributed by atoms with E-state index in [1.54, 1.807) is 6.07 Å². The van der Waals surface area contributed by atoms with E-state index in [-0.39, 0.29) is 11.7 Å². The van der Waals surface area contributed by atoms with E-state index in [2.05, 4.69) is 6.92 Å². The van der Waals surface area contributed by atoms with Crippen molar-refractivity contribution in [2.45, 2.75) is 44.9 Å². The van der Waals surface area contributed by atoms with E-state index in [1.807, 2.05) is 12.1 Å². The molecule has 16 heavy (non-hydrogen) atoms. The van der Waals surface area contributed by atoms with E-state index in [0.717, 1.165) is 18.4 Å². The molecular formula is C14H22FN. The molecule has 1 aromatic rings. The predicted molar refractivity (Wildman–Crippen MR) is 67.0 cm³/mol. The summed E-state index contributed by atoms with van der Waals surface area (Å²) in [6, 6.07) is 6.98. The van der Waals surface area contributed by atoms with Crippen molar-refractivity contribution in [1.29, 1.82) is 0 Å². The van der Waals surface area contributed by atoms with E-state index in [1.165, 1.54) is 25.3 Å². The molecule has 0 aliphatic rings. The lowest BCUT2D eigenvalue weighted by molar-refractivity contribution is 0.526. The van der Waals surface area contributed by atoms with Crippen LogP contribution in [0.4, 0.5) is 4.39 Å². The highest BCUT2D eigenvalue weighted by atomic mass is 19.1. The van der Waals surface area contributed by atoms with Crippen LogP contribution in [0.25, 0.3) is 0 Å². The summed E-state index contributed by atoms with van der Waals surface area (Å²) in [5, 5.41) is 0. The standard InChI is InChI=1S/C14H22FN/c1-2-3-4-5-8-12(11-16)13-9-6-7-10-14(13)15/h6-7,9-10,12H,2-5,8,11,16H2,1H3. The molecule has 0 saturated heterocycles. The molecule has 0 saturated carbocycles. The van der Waals surface area contributed by atoms with Gasteiger partial charge in [0, 0.05) is 0 Å². The molecule has 1 aromatic carbocycles. The number of benzene rings is 1. The fourth-order valence-corrected chi connectivity index (χ4v) is 2.02. The molecule has 0 fully saturated rings. The Kier molecular flexibility index (Phi) is 6.09. The molecule has 0 heterocycles. The first-order valence-electron chi connectivity index (χ1n) is 6.24. The summed E-state index contributed by atoms with van der Waals surface area (Å²) in [5.41, 5.74) is 6.50. The zero-order valence-corrected chi connectivity index (χ0v) is 10.1. The average molecular weight is 223 g/mol. The molecule has 0 radical (unpaired) electrons.